The van der Waals surface area contributed by atoms with Gasteiger partial charge in [0, 0.05) is 56.3 Å². The number of rotatable bonds is 10. The highest BCUT2D eigenvalue weighted by molar-refractivity contribution is 7.88. The van der Waals surface area contributed by atoms with Gasteiger partial charge in [0.1, 0.15) is 11.6 Å². The summed E-state index contributed by atoms with van der Waals surface area (Å²) in [5.74, 6) is 2.03. The standard InChI is InChI=1S/C27H34ClN9O2S/c1-17(2)19-6-7-23(36-14-18(15-36)35(4)40(5,38)39)21-13-31-25(12-20(19)21)32-24-8-9-30-27(33-24)22-16-37(11-10-29-3)34-26(22)28/h6-9,12-13,16-18,29H,10-11,14-15H2,1-5H3,(H,30,31,32,33). The van der Waals surface area contributed by atoms with E-state index in [4.69, 9.17) is 16.6 Å². The summed E-state index contributed by atoms with van der Waals surface area (Å²) in [6.07, 6.45) is 6.64. The molecule has 0 radical (unpaired) electrons. The summed E-state index contributed by atoms with van der Waals surface area (Å²) >= 11 is 6.39. The highest BCUT2D eigenvalue weighted by Crippen LogP contribution is 2.36. The van der Waals surface area contributed by atoms with Crippen molar-refractivity contribution in [3.63, 3.8) is 0 Å². The highest BCUT2D eigenvalue weighted by atomic mass is 35.5. The first-order chi connectivity index (χ1) is 19.0. The molecule has 3 aromatic heterocycles. The van der Waals surface area contributed by atoms with Gasteiger partial charge in [-0.15, -0.1) is 0 Å². The van der Waals surface area contributed by atoms with Gasteiger partial charge in [-0.05, 0) is 42.1 Å². The predicted molar refractivity (Wildman–Crippen MR) is 160 cm³/mol. The summed E-state index contributed by atoms with van der Waals surface area (Å²) in [7, 11) is 0.295. The smallest absolute Gasteiger partial charge is 0.211 e. The van der Waals surface area contributed by atoms with Crippen molar-refractivity contribution in [1.82, 2.24) is 34.4 Å². The van der Waals surface area contributed by atoms with Crippen molar-refractivity contribution in [1.29, 1.82) is 0 Å². The van der Waals surface area contributed by atoms with Crippen LogP contribution >= 0.6 is 11.6 Å². The van der Waals surface area contributed by atoms with Crippen molar-refractivity contribution >= 4 is 49.7 Å². The average Bonchev–Trinajstić information content (AvgIpc) is 3.26. The molecule has 0 saturated carbocycles. The molecule has 40 heavy (non-hydrogen) atoms. The summed E-state index contributed by atoms with van der Waals surface area (Å²) in [4.78, 5) is 16.0. The average molecular weight is 584 g/mol. The third kappa shape index (κ3) is 5.75. The number of nitrogens with zero attached hydrogens (tertiary/aromatic N) is 7. The lowest BCUT2D eigenvalue weighted by Gasteiger charge is -2.44. The van der Waals surface area contributed by atoms with E-state index in [1.54, 1.807) is 24.0 Å². The van der Waals surface area contributed by atoms with Crippen LogP contribution in [0.1, 0.15) is 25.3 Å². The largest absolute Gasteiger partial charge is 0.368 e. The number of nitrogens with one attached hydrogen (secondary N) is 2. The maximum atomic E-state index is 12.0. The number of benzene rings is 1. The van der Waals surface area contributed by atoms with Crippen molar-refractivity contribution in [2.24, 2.45) is 0 Å². The fourth-order valence-electron chi connectivity index (χ4n) is 4.82. The van der Waals surface area contributed by atoms with E-state index in [9.17, 15) is 8.42 Å². The normalized spacial score (nSPS) is 14.3. The van der Waals surface area contributed by atoms with E-state index < -0.39 is 10.0 Å². The molecule has 13 heteroatoms. The van der Waals surface area contributed by atoms with Gasteiger partial charge in [0.25, 0.3) is 0 Å². The van der Waals surface area contributed by atoms with Crippen molar-refractivity contribution < 1.29 is 8.42 Å². The Labute approximate surface area is 239 Å². The molecule has 5 rings (SSSR count). The van der Waals surface area contributed by atoms with Crippen LogP contribution in [0.15, 0.2) is 42.9 Å². The molecule has 0 aliphatic carbocycles. The van der Waals surface area contributed by atoms with Crippen LogP contribution in [0.25, 0.3) is 22.2 Å². The molecular formula is C27H34ClN9O2S. The summed E-state index contributed by atoms with van der Waals surface area (Å²) in [6, 6.07) is 8.04. The Hall–Kier alpha value is -3.32. The van der Waals surface area contributed by atoms with E-state index in [2.05, 4.69) is 56.6 Å². The number of anilines is 3. The minimum Gasteiger partial charge on any atom is -0.368 e. The molecule has 1 aromatic carbocycles. The van der Waals surface area contributed by atoms with E-state index in [1.807, 2.05) is 25.5 Å². The summed E-state index contributed by atoms with van der Waals surface area (Å²) in [5.41, 5.74) is 2.92. The molecule has 2 N–H and O–H groups in total. The number of fused-ring (bicyclic) bond motifs is 1. The van der Waals surface area contributed by atoms with Gasteiger partial charge in [0.2, 0.25) is 10.0 Å². The van der Waals surface area contributed by atoms with Crippen LogP contribution in [0.4, 0.5) is 17.3 Å². The molecule has 0 bridgehead atoms. The second kappa shape index (κ2) is 11.3. The van der Waals surface area contributed by atoms with Crippen LogP contribution in [-0.2, 0) is 16.6 Å². The van der Waals surface area contributed by atoms with Crippen molar-refractivity contribution in [3.05, 3.63) is 53.6 Å². The molecule has 1 saturated heterocycles. The molecule has 1 aliphatic rings. The number of hydrogen-bond acceptors (Lipinski definition) is 9. The lowest BCUT2D eigenvalue weighted by Crippen LogP contribution is -2.59. The number of sulfonamides is 1. The molecule has 212 valence electrons. The van der Waals surface area contributed by atoms with Crippen LogP contribution in [0.2, 0.25) is 5.15 Å². The molecule has 1 aliphatic heterocycles. The van der Waals surface area contributed by atoms with Crippen LogP contribution in [0.3, 0.4) is 0 Å². The minimum atomic E-state index is -3.23. The zero-order valence-corrected chi connectivity index (χ0v) is 24.8. The first-order valence-corrected chi connectivity index (χ1v) is 15.4. The molecule has 0 spiro atoms. The summed E-state index contributed by atoms with van der Waals surface area (Å²) in [6.45, 7) is 7.06. The van der Waals surface area contributed by atoms with Gasteiger partial charge in [0.05, 0.1) is 24.4 Å². The van der Waals surface area contributed by atoms with E-state index in [0.717, 1.165) is 23.0 Å². The Kier molecular flexibility index (Phi) is 7.96. The Morgan fingerprint density at radius 3 is 2.62 bits per heavy atom. The van der Waals surface area contributed by atoms with Crippen LogP contribution in [0, 0.1) is 0 Å². The Morgan fingerprint density at radius 2 is 1.93 bits per heavy atom. The van der Waals surface area contributed by atoms with Gasteiger partial charge < -0.3 is 15.5 Å². The van der Waals surface area contributed by atoms with Crippen molar-refractivity contribution in [2.75, 3.05) is 50.2 Å². The minimum absolute atomic E-state index is 0.0420. The molecule has 0 atom stereocenters. The predicted octanol–water partition coefficient (Wildman–Crippen LogP) is 3.71. The first kappa shape index (κ1) is 28.2. The fraction of sp³-hybridized carbons (Fsp3) is 0.407. The van der Waals surface area contributed by atoms with Crippen LogP contribution in [-0.4, -0.2) is 83.5 Å². The molecular weight excluding hydrogens is 550 g/mol. The summed E-state index contributed by atoms with van der Waals surface area (Å²) < 4.78 is 27.1. The van der Waals surface area contributed by atoms with Gasteiger partial charge in [-0.3, -0.25) is 4.68 Å². The molecule has 0 amide bonds. The van der Waals surface area contributed by atoms with E-state index >= 15 is 0 Å². The zero-order chi connectivity index (χ0) is 28.6. The van der Waals surface area contributed by atoms with Crippen molar-refractivity contribution in [3.8, 4) is 11.4 Å². The molecule has 4 heterocycles. The molecule has 4 aromatic rings. The van der Waals surface area contributed by atoms with Gasteiger partial charge in [-0.1, -0.05) is 31.5 Å². The fourth-order valence-corrected chi connectivity index (χ4v) is 5.73. The maximum Gasteiger partial charge on any atom is 0.211 e. The monoisotopic (exact) mass is 583 g/mol. The number of aromatic nitrogens is 5. The lowest BCUT2D eigenvalue weighted by molar-refractivity contribution is 0.313. The van der Waals surface area contributed by atoms with E-state index in [0.29, 0.717) is 53.7 Å². The Balaban J connectivity index is 1.41. The Bertz CT molecular complexity index is 1630. The van der Waals surface area contributed by atoms with E-state index in [-0.39, 0.29) is 6.04 Å². The topological polar surface area (TPSA) is 121 Å². The van der Waals surface area contributed by atoms with Crippen LogP contribution < -0.4 is 15.5 Å². The number of likely N-dealkylation sites (N-methyl/N-ethyl adjacent to an activating group) is 2. The lowest BCUT2D eigenvalue weighted by atomic mass is 9.94. The van der Waals surface area contributed by atoms with Gasteiger partial charge in [-0.2, -0.15) is 9.40 Å². The maximum absolute atomic E-state index is 12.0. The third-order valence-electron chi connectivity index (χ3n) is 7.23. The van der Waals surface area contributed by atoms with E-state index in [1.165, 1.54) is 16.1 Å². The first-order valence-electron chi connectivity index (χ1n) is 13.1. The number of pyridine rings is 1. The SMILES string of the molecule is CNCCn1cc(-c2nccc(Nc3cc4c(C(C)C)ccc(N5CC(N(C)S(C)(=O)=O)C5)c4cn3)n2)c(Cl)n1. The van der Waals surface area contributed by atoms with Gasteiger partial charge in [0.15, 0.2) is 11.0 Å². The van der Waals surface area contributed by atoms with Gasteiger partial charge in [-0.25, -0.2) is 23.4 Å². The quantitative estimate of drug-likeness (QED) is 0.288. The second-order valence-corrected chi connectivity index (χ2v) is 12.8. The summed E-state index contributed by atoms with van der Waals surface area (Å²) in [5, 5.41) is 13.2. The third-order valence-corrected chi connectivity index (χ3v) is 8.86. The highest BCUT2D eigenvalue weighted by Gasteiger charge is 2.35. The van der Waals surface area contributed by atoms with Crippen molar-refractivity contribution in [2.45, 2.75) is 32.4 Å². The molecule has 11 nitrogen and oxygen atoms in total. The molecule has 1 fully saturated rings. The van der Waals surface area contributed by atoms with Gasteiger partial charge >= 0.3 is 0 Å². The van der Waals surface area contributed by atoms with Crippen LogP contribution in [0.5, 0.6) is 0 Å². The Morgan fingerprint density at radius 1 is 1.15 bits per heavy atom. The molecule has 0 unspecified atom stereocenters. The number of hydrogen-bond donors (Lipinski definition) is 2. The zero-order valence-electron chi connectivity index (χ0n) is 23.3. The second-order valence-electron chi connectivity index (χ2n) is 10.4. The number of halogens is 1.